The number of halogens is 1. The summed E-state index contributed by atoms with van der Waals surface area (Å²) in [4.78, 5) is 10.7. The molecule has 1 amide bonds. The van der Waals surface area contributed by atoms with Gasteiger partial charge in [-0.05, 0) is 25.5 Å². The molecule has 2 atom stereocenters. The molecule has 20 heavy (non-hydrogen) atoms. The minimum atomic E-state index is -1.35. The Labute approximate surface area is 117 Å². The van der Waals surface area contributed by atoms with E-state index in [-0.39, 0.29) is 24.4 Å². The predicted octanol–water partition coefficient (Wildman–Crippen LogP) is 1.14. The van der Waals surface area contributed by atoms with E-state index in [1.54, 1.807) is 6.92 Å². The van der Waals surface area contributed by atoms with Gasteiger partial charge in [0.1, 0.15) is 17.7 Å². The first kappa shape index (κ1) is 16.4. The lowest BCUT2D eigenvalue weighted by atomic mass is 10.0. The highest BCUT2D eigenvalue weighted by Gasteiger charge is 2.21. The molecule has 0 radical (unpaired) electrons. The second kappa shape index (κ2) is 7.81. The van der Waals surface area contributed by atoms with Crippen molar-refractivity contribution in [2.45, 2.75) is 32.5 Å². The minimum Gasteiger partial charge on any atom is -0.494 e. The highest BCUT2D eigenvalue weighted by Crippen LogP contribution is 2.25. The van der Waals surface area contributed by atoms with Crippen LogP contribution in [0.3, 0.4) is 0 Å². The summed E-state index contributed by atoms with van der Waals surface area (Å²) in [6.07, 6.45) is -2.37. The largest absolute Gasteiger partial charge is 0.494 e. The van der Waals surface area contributed by atoms with Crippen molar-refractivity contribution in [3.63, 3.8) is 0 Å². The first-order chi connectivity index (χ1) is 9.45. The highest BCUT2D eigenvalue weighted by molar-refractivity contribution is 5.72. The number of ether oxygens (including phenoxy) is 1. The van der Waals surface area contributed by atoms with Crippen LogP contribution in [0.5, 0.6) is 5.75 Å². The molecule has 0 aromatic heterocycles. The van der Waals surface area contributed by atoms with Gasteiger partial charge in [0.05, 0.1) is 12.7 Å². The smallest absolute Gasteiger partial charge is 0.216 e. The van der Waals surface area contributed by atoms with Crippen LogP contribution < -0.4 is 10.1 Å². The topological polar surface area (TPSA) is 78.8 Å². The molecule has 0 aliphatic carbocycles. The number of benzene rings is 1. The van der Waals surface area contributed by atoms with Gasteiger partial charge in [-0.2, -0.15) is 0 Å². The van der Waals surface area contributed by atoms with Gasteiger partial charge in [0.15, 0.2) is 0 Å². The zero-order chi connectivity index (χ0) is 15.1. The first-order valence-corrected chi connectivity index (χ1v) is 6.48. The van der Waals surface area contributed by atoms with Crippen molar-refractivity contribution in [3.8, 4) is 5.75 Å². The van der Waals surface area contributed by atoms with Crippen molar-refractivity contribution in [1.29, 1.82) is 0 Å². The van der Waals surface area contributed by atoms with Gasteiger partial charge in [-0.15, -0.1) is 0 Å². The Hall–Kier alpha value is -1.66. The molecule has 0 aliphatic rings. The van der Waals surface area contributed by atoms with Gasteiger partial charge in [-0.3, -0.25) is 4.79 Å². The number of carbonyl (C=O) groups excluding carboxylic acids is 1. The summed E-state index contributed by atoms with van der Waals surface area (Å²) in [6.45, 7) is 3.77. The Kier molecular flexibility index (Phi) is 6.41. The van der Waals surface area contributed by atoms with Crippen molar-refractivity contribution in [2.75, 3.05) is 13.2 Å². The second-order valence-electron chi connectivity index (χ2n) is 4.40. The normalized spacial score (nSPS) is 13.7. The number of carbonyl (C=O) groups is 1. The summed E-state index contributed by atoms with van der Waals surface area (Å²) in [5.41, 5.74) is 0.00350. The van der Waals surface area contributed by atoms with E-state index in [0.717, 1.165) is 0 Å². The lowest BCUT2D eigenvalue weighted by Crippen LogP contribution is -2.28. The molecule has 0 saturated heterocycles. The van der Waals surface area contributed by atoms with Crippen LogP contribution in [0.25, 0.3) is 0 Å². The molecule has 1 rings (SSSR count). The zero-order valence-electron chi connectivity index (χ0n) is 11.6. The maximum Gasteiger partial charge on any atom is 0.216 e. The fraction of sp³-hybridized carbons (Fsp3) is 0.500. The van der Waals surface area contributed by atoms with Crippen molar-refractivity contribution < 1.29 is 24.1 Å². The van der Waals surface area contributed by atoms with E-state index in [9.17, 15) is 19.4 Å². The summed E-state index contributed by atoms with van der Waals surface area (Å²) < 4.78 is 19.0. The lowest BCUT2D eigenvalue weighted by molar-refractivity contribution is -0.119. The molecule has 0 fully saturated rings. The van der Waals surface area contributed by atoms with Gasteiger partial charge in [0.25, 0.3) is 0 Å². The van der Waals surface area contributed by atoms with Gasteiger partial charge in [-0.25, -0.2) is 4.39 Å². The lowest BCUT2D eigenvalue weighted by Gasteiger charge is -2.19. The Balaban J connectivity index is 2.66. The summed E-state index contributed by atoms with van der Waals surface area (Å²) in [5.74, 6) is -0.491. The minimum absolute atomic E-state index is 0.00350. The summed E-state index contributed by atoms with van der Waals surface area (Å²) in [6, 6.07) is 4.08. The van der Waals surface area contributed by atoms with E-state index in [4.69, 9.17) is 4.74 Å². The van der Waals surface area contributed by atoms with Crippen molar-refractivity contribution in [3.05, 3.63) is 29.6 Å². The molecule has 5 nitrogen and oxygen atoms in total. The van der Waals surface area contributed by atoms with Crippen LogP contribution in [-0.4, -0.2) is 35.4 Å². The third-order valence-corrected chi connectivity index (χ3v) is 2.78. The van der Waals surface area contributed by atoms with Gasteiger partial charge in [0.2, 0.25) is 5.91 Å². The fourth-order valence-corrected chi connectivity index (χ4v) is 1.77. The average molecular weight is 285 g/mol. The van der Waals surface area contributed by atoms with Gasteiger partial charge in [0, 0.05) is 25.1 Å². The fourth-order valence-electron chi connectivity index (χ4n) is 1.77. The van der Waals surface area contributed by atoms with E-state index >= 15 is 0 Å². The Bertz CT molecular complexity index is 453. The second-order valence-corrected chi connectivity index (χ2v) is 4.40. The third kappa shape index (κ3) is 4.79. The van der Waals surface area contributed by atoms with E-state index in [0.29, 0.717) is 12.4 Å². The monoisotopic (exact) mass is 285 g/mol. The maximum absolute atomic E-state index is 13.8. The van der Waals surface area contributed by atoms with Crippen molar-refractivity contribution in [2.24, 2.45) is 0 Å². The van der Waals surface area contributed by atoms with Crippen LogP contribution in [-0.2, 0) is 4.79 Å². The number of hydrogen-bond donors (Lipinski definition) is 3. The first-order valence-electron chi connectivity index (χ1n) is 6.48. The van der Waals surface area contributed by atoms with E-state index in [1.165, 1.54) is 25.1 Å². The number of amides is 1. The SMILES string of the molecule is CCOc1ccc(C(O)C(O)CCNC(C)=O)c(F)c1. The summed E-state index contributed by atoms with van der Waals surface area (Å²) >= 11 is 0. The molecule has 1 aromatic rings. The molecular formula is C14H20FNO4. The summed E-state index contributed by atoms with van der Waals surface area (Å²) in [7, 11) is 0. The number of aliphatic hydroxyl groups is 2. The molecule has 112 valence electrons. The third-order valence-electron chi connectivity index (χ3n) is 2.78. The van der Waals surface area contributed by atoms with Crippen LogP contribution in [0.4, 0.5) is 4.39 Å². The molecule has 3 N–H and O–H groups in total. The van der Waals surface area contributed by atoms with Crippen LogP contribution in [0.1, 0.15) is 31.9 Å². The molecule has 0 spiro atoms. The molecule has 0 heterocycles. The Morgan fingerprint density at radius 1 is 1.45 bits per heavy atom. The van der Waals surface area contributed by atoms with Crippen LogP contribution in [0.2, 0.25) is 0 Å². The quantitative estimate of drug-likeness (QED) is 0.702. The molecular weight excluding hydrogens is 265 g/mol. The molecule has 6 heteroatoms. The van der Waals surface area contributed by atoms with E-state index in [1.807, 2.05) is 0 Å². The van der Waals surface area contributed by atoms with Gasteiger partial charge >= 0.3 is 0 Å². The molecule has 1 aromatic carbocycles. The maximum atomic E-state index is 13.8. The van der Waals surface area contributed by atoms with Crippen LogP contribution in [0.15, 0.2) is 18.2 Å². The van der Waals surface area contributed by atoms with E-state index < -0.39 is 18.0 Å². The number of hydrogen-bond acceptors (Lipinski definition) is 4. The van der Waals surface area contributed by atoms with Gasteiger partial charge < -0.3 is 20.3 Å². The molecule has 2 unspecified atom stereocenters. The molecule has 0 aliphatic heterocycles. The number of nitrogens with one attached hydrogen (secondary N) is 1. The Morgan fingerprint density at radius 3 is 2.70 bits per heavy atom. The van der Waals surface area contributed by atoms with E-state index in [2.05, 4.69) is 5.32 Å². The molecule has 0 saturated carbocycles. The average Bonchev–Trinajstić information content (AvgIpc) is 2.38. The van der Waals surface area contributed by atoms with Crippen LogP contribution >= 0.6 is 0 Å². The van der Waals surface area contributed by atoms with Crippen LogP contribution in [0, 0.1) is 5.82 Å². The Morgan fingerprint density at radius 2 is 2.15 bits per heavy atom. The van der Waals surface area contributed by atoms with Crippen molar-refractivity contribution >= 4 is 5.91 Å². The zero-order valence-corrected chi connectivity index (χ0v) is 11.6. The molecule has 0 bridgehead atoms. The number of rotatable bonds is 7. The standard InChI is InChI=1S/C14H20FNO4/c1-3-20-10-4-5-11(12(15)8-10)14(19)13(18)6-7-16-9(2)17/h4-5,8,13-14,18-19H,3,6-7H2,1-2H3,(H,16,17). The highest BCUT2D eigenvalue weighted by atomic mass is 19.1. The predicted molar refractivity (Wildman–Crippen MR) is 71.8 cm³/mol. The van der Waals surface area contributed by atoms with Gasteiger partial charge in [-0.1, -0.05) is 0 Å². The van der Waals surface area contributed by atoms with Crippen molar-refractivity contribution in [1.82, 2.24) is 5.32 Å². The summed E-state index contributed by atoms with van der Waals surface area (Å²) in [5, 5.41) is 22.2. The number of aliphatic hydroxyl groups excluding tert-OH is 2.